The summed E-state index contributed by atoms with van der Waals surface area (Å²) < 4.78 is 6.79. The normalized spacial score (nSPS) is 22.7. The third-order valence-electron chi connectivity index (χ3n) is 3.09. The Morgan fingerprint density at radius 3 is 3.06 bits per heavy atom. The second-order valence-corrected chi connectivity index (χ2v) is 4.80. The predicted octanol–water partition coefficient (Wildman–Crippen LogP) is 2.68. The lowest BCUT2D eigenvalue weighted by Crippen LogP contribution is -2.29. The largest absolute Gasteiger partial charge is 0.462 e. The topological polar surface area (TPSA) is 44.1 Å². The molecule has 0 fully saturated rings. The quantitative estimate of drug-likeness (QED) is 0.770. The maximum absolute atomic E-state index is 11.6. The van der Waals surface area contributed by atoms with Crippen LogP contribution in [0.1, 0.15) is 37.6 Å². The summed E-state index contributed by atoms with van der Waals surface area (Å²) in [6.07, 6.45) is 10.4. The van der Waals surface area contributed by atoms with Crippen LogP contribution in [0.15, 0.2) is 36.2 Å². The zero-order chi connectivity index (χ0) is 13.2. The van der Waals surface area contributed by atoms with E-state index < -0.39 is 0 Å². The molecule has 1 aromatic rings. The van der Waals surface area contributed by atoms with Crippen molar-refractivity contribution in [2.24, 2.45) is 0 Å². The Morgan fingerprint density at radius 1 is 1.61 bits per heavy atom. The van der Waals surface area contributed by atoms with E-state index in [9.17, 15) is 4.79 Å². The molecule has 0 amide bonds. The molecule has 0 saturated heterocycles. The molecule has 1 heterocycles. The van der Waals surface area contributed by atoms with Gasteiger partial charge in [0.25, 0.3) is 0 Å². The minimum Gasteiger partial charge on any atom is -0.462 e. The number of allylic oxidation sites excluding steroid dienone is 4. The Bertz CT molecular complexity index is 514. The number of aromatic nitrogens is 2. The SMILES string of the molecule is CCOC(=O)c1cnn(C2(C)C=CC=C(C)C2)c1. The van der Waals surface area contributed by atoms with Gasteiger partial charge in [-0.25, -0.2) is 4.79 Å². The van der Waals surface area contributed by atoms with E-state index in [0.29, 0.717) is 12.2 Å². The van der Waals surface area contributed by atoms with E-state index in [4.69, 9.17) is 4.74 Å². The second-order valence-electron chi connectivity index (χ2n) is 4.80. The predicted molar refractivity (Wildman–Crippen MR) is 69.3 cm³/mol. The summed E-state index contributed by atoms with van der Waals surface area (Å²) >= 11 is 0. The van der Waals surface area contributed by atoms with Gasteiger partial charge in [0, 0.05) is 6.20 Å². The van der Waals surface area contributed by atoms with Crippen molar-refractivity contribution in [3.8, 4) is 0 Å². The lowest BCUT2D eigenvalue weighted by molar-refractivity contribution is 0.0526. The Kier molecular flexibility index (Phi) is 3.36. The van der Waals surface area contributed by atoms with Gasteiger partial charge >= 0.3 is 5.97 Å². The molecule has 1 aliphatic carbocycles. The number of hydrogen-bond acceptors (Lipinski definition) is 3. The first-order valence-corrected chi connectivity index (χ1v) is 6.12. The van der Waals surface area contributed by atoms with Gasteiger partial charge in [0.1, 0.15) is 0 Å². The highest BCUT2D eigenvalue weighted by Gasteiger charge is 2.27. The van der Waals surface area contributed by atoms with Gasteiger partial charge in [-0.3, -0.25) is 4.68 Å². The highest BCUT2D eigenvalue weighted by molar-refractivity contribution is 5.88. The molecule has 1 aromatic heterocycles. The summed E-state index contributed by atoms with van der Waals surface area (Å²) in [5.41, 5.74) is 1.59. The van der Waals surface area contributed by atoms with Crippen LogP contribution >= 0.6 is 0 Å². The van der Waals surface area contributed by atoms with E-state index in [1.807, 2.05) is 10.8 Å². The zero-order valence-corrected chi connectivity index (χ0v) is 11.0. The lowest BCUT2D eigenvalue weighted by Gasteiger charge is -2.29. The van der Waals surface area contributed by atoms with Gasteiger partial charge < -0.3 is 4.74 Å². The summed E-state index contributed by atoms with van der Waals surface area (Å²) in [5, 5.41) is 4.29. The Balaban J connectivity index is 2.23. The van der Waals surface area contributed by atoms with Crippen molar-refractivity contribution in [2.75, 3.05) is 6.61 Å². The van der Waals surface area contributed by atoms with Crippen LogP contribution in [0.3, 0.4) is 0 Å². The standard InChI is InChI=1S/C14H18N2O2/c1-4-18-13(17)12-9-15-16(10-12)14(3)7-5-6-11(2)8-14/h5-7,9-10H,4,8H2,1-3H3. The van der Waals surface area contributed by atoms with Crippen molar-refractivity contribution in [2.45, 2.75) is 32.7 Å². The third-order valence-corrected chi connectivity index (χ3v) is 3.09. The van der Waals surface area contributed by atoms with Crippen molar-refractivity contribution in [3.63, 3.8) is 0 Å². The molecule has 0 aromatic carbocycles. The van der Waals surface area contributed by atoms with Crippen LogP contribution in [0.5, 0.6) is 0 Å². The molecule has 0 bridgehead atoms. The average molecular weight is 246 g/mol. The average Bonchev–Trinajstić information content (AvgIpc) is 2.79. The van der Waals surface area contributed by atoms with E-state index >= 15 is 0 Å². The first-order chi connectivity index (χ1) is 8.55. The molecular formula is C14H18N2O2. The van der Waals surface area contributed by atoms with Crippen LogP contribution in [-0.4, -0.2) is 22.4 Å². The highest BCUT2D eigenvalue weighted by Crippen LogP contribution is 2.29. The Labute approximate surface area is 107 Å². The second kappa shape index (κ2) is 4.80. The minimum atomic E-state index is -0.320. The molecule has 18 heavy (non-hydrogen) atoms. The van der Waals surface area contributed by atoms with Crippen molar-refractivity contribution >= 4 is 5.97 Å². The van der Waals surface area contributed by atoms with E-state index in [0.717, 1.165) is 6.42 Å². The Morgan fingerprint density at radius 2 is 2.39 bits per heavy atom. The van der Waals surface area contributed by atoms with Gasteiger partial charge in [0.05, 0.1) is 23.9 Å². The first-order valence-electron chi connectivity index (χ1n) is 6.12. The van der Waals surface area contributed by atoms with Crippen LogP contribution in [0, 0.1) is 0 Å². The molecule has 0 N–H and O–H groups in total. The molecule has 0 radical (unpaired) electrons. The summed E-state index contributed by atoms with van der Waals surface area (Å²) in [7, 11) is 0. The molecule has 0 spiro atoms. The van der Waals surface area contributed by atoms with E-state index in [1.54, 1.807) is 19.3 Å². The van der Waals surface area contributed by atoms with Gasteiger partial charge in [-0.15, -0.1) is 0 Å². The van der Waals surface area contributed by atoms with Crippen molar-refractivity contribution < 1.29 is 9.53 Å². The number of ether oxygens (including phenoxy) is 1. The van der Waals surface area contributed by atoms with Gasteiger partial charge in [0.15, 0.2) is 0 Å². The highest BCUT2D eigenvalue weighted by atomic mass is 16.5. The summed E-state index contributed by atoms with van der Waals surface area (Å²) in [6, 6.07) is 0. The summed E-state index contributed by atoms with van der Waals surface area (Å²) in [5.74, 6) is -0.320. The fourth-order valence-corrected chi connectivity index (χ4v) is 2.18. The zero-order valence-electron chi connectivity index (χ0n) is 11.0. The molecule has 1 aliphatic rings. The van der Waals surface area contributed by atoms with Crippen LogP contribution in [-0.2, 0) is 10.3 Å². The molecular weight excluding hydrogens is 228 g/mol. The van der Waals surface area contributed by atoms with Crippen LogP contribution in [0.2, 0.25) is 0 Å². The number of rotatable bonds is 3. The monoisotopic (exact) mass is 246 g/mol. The minimum absolute atomic E-state index is 0.205. The molecule has 4 nitrogen and oxygen atoms in total. The van der Waals surface area contributed by atoms with E-state index in [1.165, 1.54) is 5.57 Å². The molecule has 1 atom stereocenters. The van der Waals surface area contributed by atoms with Crippen LogP contribution < -0.4 is 0 Å². The fourth-order valence-electron chi connectivity index (χ4n) is 2.18. The van der Waals surface area contributed by atoms with Gasteiger partial charge in [-0.2, -0.15) is 5.10 Å². The molecule has 0 saturated carbocycles. The fraction of sp³-hybridized carbons (Fsp3) is 0.429. The van der Waals surface area contributed by atoms with E-state index in [2.05, 4.69) is 31.1 Å². The molecule has 2 rings (SSSR count). The van der Waals surface area contributed by atoms with Gasteiger partial charge in [-0.1, -0.05) is 23.8 Å². The molecule has 4 heteroatoms. The Hall–Kier alpha value is -1.84. The smallest absolute Gasteiger partial charge is 0.341 e. The molecule has 96 valence electrons. The maximum Gasteiger partial charge on any atom is 0.341 e. The summed E-state index contributed by atoms with van der Waals surface area (Å²) in [4.78, 5) is 11.6. The van der Waals surface area contributed by atoms with E-state index in [-0.39, 0.29) is 11.5 Å². The maximum atomic E-state index is 11.6. The van der Waals surface area contributed by atoms with Gasteiger partial charge in [0.2, 0.25) is 0 Å². The molecule has 0 aliphatic heterocycles. The molecule has 1 unspecified atom stereocenters. The third kappa shape index (κ3) is 2.37. The number of nitrogens with zero attached hydrogens (tertiary/aromatic N) is 2. The first kappa shape index (κ1) is 12.6. The lowest BCUT2D eigenvalue weighted by atomic mass is 9.89. The number of carbonyl (C=O) groups excluding carboxylic acids is 1. The van der Waals surface area contributed by atoms with Crippen molar-refractivity contribution in [1.82, 2.24) is 9.78 Å². The number of esters is 1. The van der Waals surface area contributed by atoms with Gasteiger partial charge in [-0.05, 0) is 27.2 Å². The number of carbonyl (C=O) groups is 1. The van der Waals surface area contributed by atoms with Crippen LogP contribution in [0.25, 0.3) is 0 Å². The van der Waals surface area contributed by atoms with Crippen molar-refractivity contribution in [3.05, 3.63) is 41.8 Å². The summed E-state index contributed by atoms with van der Waals surface area (Å²) in [6.45, 7) is 6.37. The number of hydrogen-bond donors (Lipinski definition) is 0. The van der Waals surface area contributed by atoms with Crippen molar-refractivity contribution in [1.29, 1.82) is 0 Å². The van der Waals surface area contributed by atoms with Crippen LogP contribution in [0.4, 0.5) is 0 Å².